The van der Waals surface area contributed by atoms with Crippen LogP contribution in [0, 0.1) is 0 Å². The maximum atomic E-state index is 11.6. The number of likely N-dealkylation sites (tertiary alicyclic amines) is 1. The van der Waals surface area contributed by atoms with Crippen molar-refractivity contribution in [1.82, 2.24) is 14.6 Å². The monoisotopic (exact) mass is 360 g/mol. The van der Waals surface area contributed by atoms with E-state index in [1.807, 2.05) is 12.3 Å². The van der Waals surface area contributed by atoms with Crippen molar-refractivity contribution in [2.24, 2.45) is 0 Å². The first-order valence-electron chi connectivity index (χ1n) is 7.70. The maximum absolute atomic E-state index is 11.6. The van der Waals surface area contributed by atoms with Crippen LogP contribution in [0.1, 0.15) is 32.4 Å². The molecule has 0 aliphatic carbocycles. The second-order valence-electron chi connectivity index (χ2n) is 5.85. The summed E-state index contributed by atoms with van der Waals surface area (Å²) in [7, 11) is -3.17. The molecule has 1 amide bonds. The Morgan fingerprint density at radius 2 is 2.30 bits per heavy atom. The first-order chi connectivity index (χ1) is 10.8. The predicted octanol–water partition coefficient (Wildman–Crippen LogP) is 1.03. The zero-order valence-electron chi connectivity index (χ0n) is 13.8. The van der Waals surface area contributed by atoms with E-state index in [1.54, 1.807) is 4.90 Å². The molecule has 1 aliphatic heterocycles. The predicted molar refractivity (Wildman–Crippen MR) is 92.1 cm³/mol. The van der Waals surface area contributed by atoms with Crippen LogP contribution in [0.2, 0.25) is 0 Å². The van der Waals surface area contributed by atoms with Crippen LogP contribution in [0.15, 0.2) is 5.38 Å². The van der Waals surface area contributed by atoms with Crippen LogP contribution in [0.25, 0.3) is 0 Å². The van der Waals surface area contributed by atoms with Gasteiger partial charge in [-0.15, -0.1) is 11.3 Å². The molecule has 1 N–H and O–H groups in total. The van der Waals surface area contributed by atoms with Gasteiger partial charge >= 0.3 is 0 Å². The van der Waals surface area contributed by atoms with Gasteiger partial charge in [-0.1, -0.05) is 0 Å². The molecule has 1 fully saturated rings. The fraction of sp³-hybridized carbons (Fsp3) is 0.714. The summed E-state index contributed by atoms with van der Waals surface area (Å²) in [4.78, 5) is 20.0. The lowest BCUT2D eigenvalue weighted by Gasteiger charge is -2.32. The molecule has 7 nitrogen and oxygen atoms in total. The summed E-state index contributed by atoms with van der Waals surface area (Å²) < 4.78 is 25.4. The summed E-state index contributed by atoms with van der Waals surface area (Å²) in [6, 6.07) is -0.0405. The van der Waals surface area contributed by atoms with E-state index in [1.165, 1.54) is 24.5 Å². The van der Waals surface area contributed by atoms with Gasteiger partial charge in [-0.05, 0) is 26.3 Å². The lowest BCUT2D eigenvalue weighted by Crippen LogP contribution is -2.47. The topological polar surface area (TPSA) is 82.6 Å². The van der Waals surface area contributed by atoms with Crippen LogP contribution >= 0.6 is 11.3 Å². The third-order valence-electron chi connectivity index (χ3n) is 3.74. The minimum absolute atomic E-state index is 0.0104. The van der Waals surface area contributed by atoms with Crippen LogP contribution in [0.5, 0.6) is 0 Å². The Morgan fingerprint density at radius 1 is 1.57 bits per heavy atom. The number of rotatable bonds is 6. The largest absolute Gasteiger partial charge is 0.296 e. The second-order valence-corrected chi connectivity index (χ2v) is 8.47. The number of piperidine rings is 1. The molecule has 9 heteroatoms. The smallest absolute Gasteiger partial charge is 0.225 e. The molecule has 1 atom stereocenters. The van der Waals surface area contributed by atoms with Crippen LogP contribution in [-0.4, -0.2) is 56.1 Å². The average molecular weight is 361 g/mol. The van der Waals surface area contributed by atoms with Crippen molar-refractivity contribution in [3.63, 3.8) is 0 Å². The number of carbonyl (C=O) groups is 1. The van der Waals surface area contributed by atoms with E-state index in [2.05, 4.69) is 14.6 Å². The number of carbonyl (C=O) groups excluding carboxylic acids is 1. The number of sulfonamides is 1. The number of nitrogens with zero attached hydrogens (tertiary/aromatic N) is 3. The number of aromatic nitrogens is 1. The third kappa shape index (κ3) is 5.52. The summed E-state index contributed by atoms with van der Waals surface area (Å²) in [5.41, 5.74) is 0.921. The van der Waals surface area contributed by atoms with Crippen LogP contribution < -0.4 is 9.62 Å². The molecule has 130 valence electrons. The maximum Gasteiger partial charge on any atom is 0.225 e. The van der Waals surface area contributed by atoms with Gasteiger partial charge in [0, 0.05) is 38.0 Å². The Balaban J connectivity index is 1.97. The second kappa shape index (κ2) is 7.69. The van der Waals surface area contributed by atoms with E-state index in [9.17, 15) is 13.2 Å². The van der Waals surface area contributed by atoms with Crippen LogP contribution in [0.3, 0.4) is 0 Å². The number of anilines is 1. The lowest BCUT2D eigenvalue weighted by molar-refractivity contribution is -0.116. The Kier molecular flexibility index (Phi) is 6.12. The van der Waals surface area contributed by atoms with Crippen molar-refractivity contribution in [3.05, 3.63) is 11.1 Å². The van der Waals surface area contributed by atoms with Gasteiger partial charge in [-0.2, -0.15) is 0 Å². The van der Waals surface area contributed by atoms with Gasteiger partial charge in [0.1, 0.15) is 0 Å². The third-order valence-corrected chi connectivity index (χ3v) is 5.41. The molecule has 1 saturated heterocycles. The van der Waals surface area contributed by atoms with Crippen molar-refractivity contribution in [2.45, 2.75) is 39.3 Å². The van der Waals surface area contributed by atoms with Crippen molar-refractivity contribution in [2.75, 3.05) is 30.8 Å². The highest BCUT2D eigenvalue weighted by molar-refractivity contribution is 7.88. The molecule has 2 rings (SSSR count). The Morgan fingerprint density at radius 3 is 2.91 bits per heavy atom. The van der Waals surface area contributed by atoms with E-state index in [0.29, 0.717) is 19.6 Å². The lowest BCUT2D eigenvalue weighted by atomic mass is 10.1. The number of thiazole rings is 1. The number of hydrogen-bond donors (Lipinski definition) is 1. The summed E-state index contributed by atoms with van der Waals surface area (Å²) in [6.07, 6.45) is 3.01. The molecule has 23 heavy (non-hydrogen) atoms. The summed E-state index contributed by atoms with van der Waals surface area (Å²) in [5, 5.41) is 2.69. The first kappa shape index (κ1) is 18.3. The molecule has 0 radical (unpaired) electrons. The van der Waals surface area contributed by atoms with Crippen molar-refractivity contribution in [3.8, 4) is 0 Å². The molecule has 1 aromatic heterocycles. The quantitative estimate of drug-likeness (QED) is 0.819. The highest BCUT2D eigenvalue weighted by Crippen LogP contribution is 2.22. The molecule has 2 heterocycles. The van der Waals surface area contributed by atoms with Crippen molar-refractivity contribution < 1.29 is 13.2 Å². The minimum Gasteiger partial charge on any atom is -0.296 e. The summed E-state index contributed by atoms with van der Waals surface area (Å²) >= 11 is 1.47. The van der Waals surface area contributed by atoms with Crippen LogP contribution in [-0.2, 0) is 21.4 Å². The number of hydrogen-bond acceptors (Lipinski definition) is 6. The molecule has 0 saturated carbocycles. The molecular weight excluding hydrogens is 336 g/mol. The molecule has 0 aromatic carbocycles. The molecule has 0 spiro atoms. The van der Waals surface area contributed by atoms with E-state index in [0.717, 1.165) is 30.2 Å². The average Bonchev–Trinajstić information content (AvgIpc) is 2.85. The number of nitrogens with one attached hydrogen (secondary N) is 1. The molecule has 1 aliphatic rings. The fourth-order valence-electron chi connectivity index (χ4n) is 2.81. The highest BCUT2D eigenvalue weighted by atomic mass is 32.2. The van der Waals surface area contributed by atoms with Crippen molar-refractivity contribution in [1.29, 1.82) is 0 Å². The Bertz CT molecular complexity index is 644. The molecule has 1 unspecified atom stereocenters. The Labute approximate surface area is 141 Å². The summed E-state index contributed by atoms with van der Waals surface area (Å²) in [6.45, 7) is 6.36. The number of amides is 1. The van der Waals surface area contributed by atoms with Gasteiger partial charge in [-0.3, -0.25) is 14.6 Å². The van der Waals surface area contributed by atoms with Gasteiger partial charge in [0.25, 0.3) is 0 Å². The minimum atomic E-state index is -3.17. The standard InChI is InChI=1S/C14H24N4O3S2/c1-4-18(11(2)19)14-15-13(10-22-14)9-17-7-5-6-12(8-17)16-23(3,20)21/h10,12,16H,4-9H2,1-3H3. The van der Waals surface area contributed by atoms with E-state index >= 15 is 0 Å². The fourth-order valence-corrected chi connectivity index (χ4v) is 4.53. The van der Waals surface area contributed by atoms with Gasteiger partial charge in [0.15, 0.2) is 5.13 Å². The molecular formula is C14H24N4O3S2. The van der Waals surface area contributed by atoms with Gasteiger partial charge in [0.2, 0.25) is 15.9 Å². The van der Waals surface area contributed by atoms with E-state index < -0.39 is 10.0 Å². The molecule has 0 bridgehead atoms. The first-order valence-corrected chi connectivity index (χ1v) is 10.5. The van der Waals surface area contributed by atoms with Gasteiger partial charge in [0.05, 0.1) is 11.9 Å². The Hall–Kier alpha value is -1.03. The van der Waals surface area contributed by atoms with Crippen LogP contribution in [0.4, 0.5) is 5.13 Å². The van der Waals surface area contributed by atoms with E-state index in [-0.39, 0.29) is 11.9 Å². The van der Waals surface area contributed by atoms with E-state index in [4.69, 9.17) is 0 Å². The van der Waals surface area contributed by atoms with Gasteiger partial charge in [-0.25, -0.2) is 18.1 Å². The SMILES string of the molecule is CCN(C(C)=O)c1nc(CN2CCCC(NS(C)(=O)=O)C2)cs1. The van der Waals surface area contributed by atoms with Gasteiger partial charge < -0.3 is 0 Å². The highest BCUT2D eigenvalue weighted by Gasteiger charge is 2.23. The zero-order chi connectivity index (χ0) is 17.0. The zero-order valence-corrected chi connectivity index (χ0v) is 15.4. The van der Waals surface area contributed by atoms with Crippen molar-refractivity contribution >= 4 is 32.4 Å². The normalized spacial score (nSPS) is 19.7. The summed E-state index contributed by atoms with van der Waals surface area (Å²) in [5.74, 6) is -0.0104. The molecule has 1 aromatic rings.